The molecular formula is C11H20N2O2. The lowest BCUT2D eigenvalue weighted by atomic mass is 10.2. The average molecular weight is 212 g/mol. The Morgan fingerprint density at radius 3 is 2.40 bits per heavy atom. The fraction of sp³-hybridized carbons (Fsp3) is 0.818. The number of nitrogens with one attached hydrogen (secondary N) is 2. The predicted molar refractivity (Wildman–Crippen MR) is 58.2 cm³/mol. The minimum atomic E-state index is -0.0732. The molecule has 1 rings (SSSR count). The van der Waals surface area contributed by atoms with Gasteiger partial charge < -0.3 is 10.6 Å². The Morgan fingerprint density at radius 1 is 1.27 bits per heavy atom. The zero-order valence-electron chi connectivity index (χ0n) is 9.51. The largest absolute Gasteiger partial charge is 0.352 e. The van der Waals surface area contributed by atoms with Gasteiger partial charge in [0.25, 0.3) is 0 Å². The number of rotatable bonds is 4. The molecule has 1 aliphatic rings. The number of carbonyl (C=O) groups is 2. The van der Waals surface area contributed by atoms with Crippen LogP contribution in [0.3, 0.4) is 0 Å². The summed E-state index contributed by atoms with van der Waals surface area (Å²) < 4.78 is 0. The van der Waals surface area contributed by atoms with Crippen molar-refractivity contribution in [2.45, 2.75) is 45.6 Å². The molecule has 4 nitrogen and oxygen atoms in total. The molecular weight excluding hydrogens is 192 g/mol. The highest BCUT2D eigenvalue weighted by Crippen LogP contribution is 2.17. The maximum atomic E-state index is 11.4. The molecule has 0 saturated heterocycles. The first-order valence-electron chi connectivity index (χ1n) is 5.66. The monoisotopic (exact) mass is 212 g/mol. The van der Waals surface area contributed by atoms with E-state index < -0.39 is 0 Å². The third-order valence-corrected chi connectivity index (χ3v) is 2.67. The van der Waals surface area contributed by atoms with Crippen LogP contribution in [-0.4, -0.2) is 24.4 Å². The van der Waals surface area contributed by atoms with E-state index in [1.165, 1.54) is 12.8 Å². The first kappa shape index (κ1) is 12.0. The summed E-state index contributed by atoms with van der Waals surface area (Å²) in [5.41, 5.74) is 0. The van der Waals surface area contributed by atoms with Gasteiger partial charge in [-0.25, -0.2) is 0 Å². The molecule has 2 N–H and O–H groups in total. The number of amides is 2. The third kappa shape index (κ3) is 4.32. The van der Waals surface area contributed by atoms with E-state index in [0.29, 0.717) is 6.04 Å². The van der Waals surface area contributed by atoms with Gasteiger partial charge in [-0.1, -0.05) is 26.7 Å². The maximum Gasteiger partial charge on any atom is 0.239 e. The van der Waals surface area contributed by atoms with E-state index in [9.17, 15) is 9.59 Å². The topological polar surface area (TPSA) is 58.2 Å². The third-order valence-electron chi connectivity index (χ3n) is 2.67. The Balaban J connectivity index is 2.15. The van der Waals surface area contributed by atoms with Crippen LogP contribution in [0.2, 0.25) is 0 Å². The molecule has 1 aliphatic carbocycles. The quantitative estimate of drug-likeness (QED) is 0.724. The Morgan fingerprint density at radius 2 is 1.87 bits per heavy atom. The summed E-state index contributed by atoms with van der Waals surface area (Å²) in [6, 6.07) is 0.327. The highest BCUT2D eigenvalue weighted by Gasteiger charge is 2.17. The molecule has 1 saturated carbocycles. The van der Waals surface area contributed by atoms with Crippen molar-refractivity contribution in [1.82, 2.24) is 10.6 Å². The van der Waals surface area contributed by atoms with Crippen molar-refractivity contribution >= 4 is 11.8 Å². The van der Waals surface area contributed by atoms with Crippen LogP contribution < -0.4 is 10.6 Å². The van der Waals surface area contributed by atoms with Crippen molar-refractivity contribution in [3.8, 4) is 0 Å². The second kappa shape index (κ2) is 5.73. The lowest BCUT2D eigenvalue weighted by molar-refractivity contribution is -0.128. The van der Waals surface area contributed by atoms with Crippen molar-refractivity contribution < 1.29 is 9.59 Å². The van der Waals surface area contributed by atoms with Gasteiger partial charge in [-0.3, -0.25) is 9.59 Å². The summed E-state index contributed by atoms with van der Waals surface area (Å²) in [7, 11) is 0. The van der Waals surface area contributed by atoms with Crippen molar-refractivity contribution in [1.29, 1.82) is 0 Å². The highest BCUT2D eigenvalue weighted by atomic mass is 16.2. The van der Waals surface area contributed by atoms with Gasteiger partial charge in [0, 0.05) is 12.0 Å². The SMILES string of the molecule is CC(C)C(=O)NCC(=O)NC1CCCC1. The fourth-order valence-corrected chi connectivity index (χ4v) is 1.72. The van der Waals surface area contributed by atoms with E-state index in [1.807, 2.05) is 13.8 Å². The zero-order valence-corrected chi connectivity index (χ0v) is 9.51. The van der Waals surface area contributed by atoms with Gasteiger partial charge in [-0.05, 0) is 12.8 Å². The predicted octanol–water partition coefficient (Wildman–Crippen LogP) is 0.817. The summed E-state index contributed by atoms with van der Waals surface area (Å²) in [6.45, 7) is 3.72. The van der Waals surface area contributed by atoms with Crippen LogP contribution in [0.5, 0.6) is 0 Å². The Hall–Kier alpha value is -1.06. The molecule has 1 fully saturated rings. The van der Waals surface area contributed by atoms with Gasteiger partial charge >= 0.3 is 0 Å². The normalized spacial score (nSPS) is 16.7. The van der Waals surface area contributed by atoms with Gasteiger partial charge in [0.1, 0.15) is 0 Å². The van der Waals surface area contributed by atoms with Crippen molar-refractivity contribution in [2.24, 2.45) is 5.92 Å². The molecule has 15 heavy (non-hydrogen) atoms. The van der Waals surface area contributed by atoms with Gasteiger partial charge in [-0.2, -0.15) is 0 Å². The first-order chi connectivity index (χ1) is 7.09. The summed E-state index contributed by atoms with van der Waals surface area (Å²) >= 11 is 0. The molecule has 0 aliphatic heterocycles. The summed E-state index contributed by atoms with van der Waals surface area (Å²) in [5.74, 6) is -0.211. The van der Waals surface area contributed by atoms with Crippen LogP contribution in [0.1, 0.15) is 39.5 Å². The molecule has 86 valence electrons. The van der Waals surface area contributed by atoms with E-state index in [-0.39, 0.29) is 24.3 Å². The second-order valence-electron chi connectivity index (χ2n) is 4.42. The standard InChI is InChI=1S/C11H20N2O2/c1-8(2)11(15)12-7-10(14)13-9-5-3-4-6-9/h8-9H,3-7H2,1-2H3,(H,12,15)(H,13,14). The molecule has 0 atom stereocenters. The number of hydrogen-bond donors (Lipinski definition) is 2. The molecule has 0 aromatic carbocycles. The summed E-state index contributed by atoms with van der Waals surface area (Å²) in [5, 5.41) is 5.52. The Kier molecular flexibility index (Phi) is 4.59. The molecule has 0 heterocycles. The molecule has 0 aromatic rings. The fourth-order valence-electron chi connectivity index (χ4n) is 1.72. The lowest BCUT2D eigenvalue weighted by Crippen LogP contribution is -2.41. The van der Waals surface area contributed by atoms with Gasteiger partial charge in [0.2, 0.25) is 11.8 Å². The van der Waals surface area contributed by atoms with Gasteiger partial charge in [0.15, 0.2) is 0 Å². The Bertz CT molecular complexity index is 233. The second-order valence-corrected chi connectivity index (χ2v) is 4.42. The number of hydrogen-bond acceptors (Lipinski definition) is 2. The van der Waals surface area contributed by atoms with Crippen LogP contribution in [0.25, 0.3) is 0 Å². The molecule has 0 aromatic heterocycles. The van der Waals surface area contributed by atoms with Crippen molar-refractivity contribution in [2.75, 3.05) is 6.54 Å². The van der Waals surface area contributed by atoms with E-state index in [0.717, 1.165) is 12.8 Å². The summed E-state index contributed by atoms with van der Waals surface area (Å²) in [4.78, 5) is 22.6. The molecule has 2 amide bonds. The van der Waals surface area contributed by atoms with Crippen LogP contribution in [-0.2, 0) is 9.59 Å². The minimum absolute atomic E-state index is 0.0655. The van der Waals surface area contributed by atoms with Crippen molar-refractivity contribution in [3.05, 3.63) is 0 Å². The highest BCUT2D eigenvalue weighted by molar-refractivity contribution is 5.85. The zero-order chi connectivity index (χ0) is 11.3. The molecule has 0 unspecified atom stereocenters. The van der Waals surface area contributed by atoms with Gasteiger partial charge in [0.05, 0.1) is 6.54 Å². The van der Waals surface area contributed by atoms with Crippen LogP contribution >= 0.6 is 0 Å². The lowest BCUT2D eigenvalue weighted by Gasteiger charge is -2.12. The van der Waals surface area contributed by atoms with E-state index >= 15 is 0 Å². The first-order valence-corrected chi connectivity index (χ1v) is 5.66. The molecule has 0 spiro atoms. The van der Waals surface area contributed by atoms with E-state index in [2.05, 4.69) is 10.6 Å². The molecule has 4 heteroatoms. The van der Waals surface area contributed by atoms with Crippen LogP contribution in [0.4, 0.5) is 0 Å². The molecule has 0 radical (unpaired) electrons. The van der Waals surface area contributed by atoms with Crippen molar-refractivity contribution in [3.63, 3.8) is 0 Å². The van der Waals surface area contributed by atoms with E-state index in [1.54, 1.807) is 0 Å². The van der Waals surface area contributed by atoms with Crippen LogP contribution in [0, 0.1) is 5.92 Å². The average Bonchev–Trinajstić information content (AvgIpc) is 2.66. The minimum Gasteiger partial charge on any atom is -0.352 e. The Labute approximate surface area is 90.8 Å². The number of carbonyl (C=O) groups excluding carboxylic acids is 2. The van der Waals surface area contributed by atoms with E-state index in [4.69, 9.17) is 0 Å². The smallest absolute Gasteiger partial charge is 0.239 e. The van der Waals surface area contributed by atoms with Gasteiger partial charge in [-0.15, -0.1) is 0 Å². The summed E-state index contributed by atoms with van der Waals surface area (Å²) in [6.07, 6.45) is 4.54. The van der Waals surface area contributed by atoms with Crippen LogP contribution in [0.15, 0.2) is 0 Å². The maximum absolute atomic E-state index is 11.4. The molecule has 0 bridgehead atoms.